The third-order valence-corrected chi connectivity index (χ3v) is 5.89. The van der Waals surface area contributed by atoms with E-state index in [1.807, 2.05) is 0 Å². The van der Waals surface area contributed by atoms with Gasteiger partial charge in [0.25, 0.3) is 0 Å². The molecule has 2 aliphatic carbocycles. The summed E-state index contributed by atoms with van der Waals surface area (Å²) in [5, 5.41) is 21.9. The first-order valence-corrected chi connectivity index (χ1v) is 7.65. The number of rotatable bonds is 5. The molecule has 0 aromatic carbocycles. The lowest BCUT2D eigenvalue weighted by molar-refractivity contribution is -0.150. The van der Waals surface area contributed by atoms with Crippen LogP contribution in [-0.4, -0.2) is 23.7 Å². The van der Waals surface area contributed by atoms with Gasteiger partial charge in [-0.3, -0.25) is 4.79 Å². The minimum absolute atomic E-state index is 0.187. The van der Waals surface area contributed by atoms with E-state index in [0.29, 0.717) is 18.4 Å². The molecule has 0 heterocycles. The molecule has 4 heteroatoms. The molecular formula is C16H26N2O2. The summed E-state index contributed by atoms with van der Waals surface area (Å²) in [5.74, 6) is -0.580. The fraction of sp³-hybridized carbons (Fsp3) is 0.875. The van der Waals surface area contributed by atoms with Gasteiger partial charge >= 0.3 is 5.97 Å². The van der Waals surface area contributed by atoms with E-state index in [2.05, 4.69) is 32.2 Å². The molecule has 2 aliphatic rings. The molecule has 2 saturated carbocycles. The van der Waals surface area contributed by atoms with Gasteiger partial charge in [-0.25, -0.2) is 0 Å². The summed E-state index contributed by atoms with van der Waals surface area (Å²) in [5.41, 5.74) is 0.0238. The Morgan fingerprint density at radius 2 is 2.05 bits per heavy atom. The van der Waals surface area contributed by atoms with Gasteiger partial charge in [-0.2, -0.15) is 5.26 Å². The van der Waals surface area contributed by atoms with Gasteiger partial charge in [0, 0.05) is 19.0 Å². The topological polar surface area (TPSA) is 73.1 Å². The largest absolute Gasteiger partial charge is 0.481 e. The molecule has 0 aromatic rings. The summed E-state index contributed by atoms with van der Waals surface area (Å²) in [6.45, 7) is 7.22. The highest BCUT2D eigenvalue weighted by Crippen LogP contribution is 2.49. The van der Waals surface area contributed by atoms with Gasteiger partial charge < -0.3 is 10.4 Å². The zero-order valence-corrected chi connectivity index (χ0v) is 12.8. The average molecular weight is 278 g/mol. The third kappa shape index (κ3) is 2.83. The maximum Gasteiger partial charge on any atom is 0.307 e. The zero-order chi connectivity index (χ0) is 15.0. The van der Waals surface area contributed by atoms with Crippen molar-refractivity contribution in [1.82, 2.24) is 5.32 Å². The van der Waals surface area contributed by atoms with Crippen LogP contribution in [0.2, 0.25) is 0 Å². The van der Waals surface area contributed by atoms with E-state index in [1.165, 1.54) is 0 Å². The standard InChI is InChI=1S/C16H26N2O2/c1-11-13(18-10-16(6-7-16)8-9-17)5-4-12(14(19)20)15(11,2)3/h11-13,18H,4-8,10H2,1-3H3,(H,19,20). The molecule has 2 N–H and O–H groups in total. The predicted octanol–water partition coefficient (Wildman–Crippen LogP) is 2.80. The Balaban J connectivity index is 1.95. The Kier molecular flexibility index (Phi) is 4.11. The molecule has 0 amide bonds. The molecule has 0 aliphatic heterocycles. The van der Waals surface area contributed by atoms with Gasteiger partial charge in [-0.1, -0.05) is 20.8 Å². The molecule has 0 saturated heterocycles. The molecule has 0 spiro atoms. The van der Waals surface area contributed by atoms with Crippen LogP contribution >= 0.6 is 0 Å². The molecule has 112 valence electrons. The Labute approximate surface area is 121 Å². The summed E-state index contributed by atoms with van der Waals surface area (Å²) in [6, 6.07) is 2.66. The van der Waals surface area contributed by atoms with Crippen molar-refractivity contribution in [3.05, 3.63) is 0 Å². The van der Waals surface area contributed by atoms with Crippen LogP contribution in [-0.2, 0) is 4.79 Å². The zero-order valence-electron chi connectivity index (χ0n) is 12.8. The normalized spacial score (nSPS) is 34.2. The number of nitrogens with zero attached hydrogens (tertiary/aromatic N) is 1. The van der Waals surface area contributed by atoms with E-state index in [9.17, 15) is 9.90 Å². The summed E-state index contributed by atoms with van der Waals surface area (Å²) in [4.78, 5) is 11.4. The van der Waals surface area contributed by atoms with Gasteiger partial charge in [-0.05, 0) is 42.4 Å². The third-order valence-electron chi connectivity index (χ3n) is 5.89. The Morgan fingerprint density at radius 3 is 2.55 bits per heavy atom. The molecular weight excluding hydrogens is 252 g/mol. The summed E-state index contributed by atoms with van der Waals surface area (Å²) < 4.78 is 0. The Bertz CT molecular complexity index is 421. The quantitative estimate of drug-likeness (QED) is 0.811. The second-order valence-corrected chi connectivity index (χ2v) is 7.40. The lowest BCUT2D eigenvalue weighted by atomic mass is 9.61. The van der Waals surface area contributed by atoms with Crippen LogP contribution in [0, 0.1) is 34.0 Å². The average Bonchev–Trinajstić information content (AvgIpc) is 3.11. The molecule has 0 bridgehead atoms. The number of carboxylic acid groups (broad SMARTS) is 1. The van der Waals surface area contributed by atoms with Gasteiger partial charge in [-0.15, -0.1) is 0 Å². The number of nitrogens with one attached hydrogen (secondary N) is 1. The lowest BCUT2D eigenvalue weighted by Crippen LogP contribution is -2.52. The first kappa shape index (κ1) is 15.3. The van der Waals surface area contributed by atoms with Gasteiger partial charge in [0.05, 0.1) is 12.0 Å². The fourth-order valence-electron chi connectivity index (χ4n) is 3.63. The highest BCUT2D eigenvalue weighted by atomic mass is 16.4. The van der Waals surface area contributed by atoms with Crippen molar-refractivity contribution in [1.29, 1.82) is 5.26 Å². The second-order valence-electron chi connectivity index (χ2n) is 7.40. The number of hydrogen-bond acceptors (Lipinski definition) is 3. The van der Waals surface area contributed by atoms with Crippen molar-refractivity contribution in [2.75, 3.05) is 6.54 Å². The van der Waals surface area contributed by atoms with Crippen molar-refractivity contribution in [3.8, 4) is 6.07 Å². The monoisotopic (exact) mass is 278 g/mol. The fourth-order valence-corrected chi connectivity index (χ4v) is 3.63. The van der Waals surface area contributed by atoms with Gasteiger partial charge in [0.1, 0.15) is 0 Å². The Hall–Kier alpha value is -1.08. The van der Waals surface area contributed by atoms with Crippen LogP contribution in [0.25, 0.3) is 0 Å². The maximum atomic E-state index is 11.4. The van der Waals surface area contributed by atoms with Crippen molar-refractivity contribution in [2.24, 2.45) is 22.7 Å². The van der Waals surface area contributed by atoms with Crippen molar-refractivity contribution in [2.45, 2.75) is 58.9 Å². The number of carboxylic acids is 1. The first-order valence-electron chi connectivity index (χ1n) is 7.65. The van der Waals surface area contributed by atoms with Gasteiger partial charge in [0.15, 0.2) is 0 Å². The number of nitriles is 1. The van der Waals surface area contributed by atoms with E-state index in [1.54, 1.807) is 0 Å². The van der Waals surface area contributed by atoms with Crippen LogP contribution in [0.4, 0.5) is 0 Å². The van der Waals surface area contributed by atoms with Crippen molar-refractivity contribution < 1.29 is 9.90 Å². The Morgan fingerprint density at radius 1 is 1.40 bits per heavy atom. The van der Waals surface area contributed by atoms with E-state index in [4.69, 9.17) is 5.26 Å². The molecule has 20 heavy (non-hydrogen) atoms. The van der Waals surface area contributed by atoms with E-state index in [0.717, 1.165) is 32.2 Å². The predicted molar refractivity (Wildman–Crippen MR) is 77.0 cm³/mol. The molecule has 2 rings (SSSR count). The van der Waals surface area contributed by atoms with E-state index < -0.39 is 5.97 Å². The SMILES string of the molecule is CC1C(NCC2(CC#N)CC2)CCC(C(=O)O)C1(C)C. The van der Waals surface area contributed by atoms with Gasteiger partial charge in [0.2, 0.25) is 0 Å². The van der Waals surface area contributed by atoms with Crippen molar-refractivity contribution >= 4 is 5.97 Å². The second kappa shape index (κ2) is 5.37. The smallest absolute Gasteiger partial charge is 0.307 e. The minimum Gasteiger partial charge on any atom is -0.481 e. The van der Waals surface area contributed by atoms with E-state index in [-0.39, 0.29) is 16.7 Å². The first-order chi connectivity index (χ1) is 9.32. The van der Waals surface area contributed by atoms with E-state index >= 15 is 0 Å². The van der Waals surface area contributed by atoms with Crippen LogP contribution < -0.4 is 5.32 Å². The molecule has 3 unspecified atom stereocenters. The van der Waals surface area contributed by atoms with Crippen LogP contribution in [0.1, 0.15) is 52.9 Å². The van der Waals surface area contributed by atoms with Crippen LogP contribution in [0.5, 0.6) is 0 Å². The molecule has 0 aromatic heterocycles. The number of aliphatic carboxylic acids is 1. The summed E-state index contributed by atoms with van der Waals surface area (Å²) in [6.07, 6.45) is 4.60. The minimum atomic E-state index is -0.663. The lowest BCUT2D eigenvalue weighted by Gasteiger charge is -2.46. The van der Waals surface area contributed by atoms with Crippen LogP contribution in [0.3, 0.4) is 0 Å². The highest BCUT2D eigenvalue weighted by molar-refractivity contribution is 5.71. The molecule has 2 fully saturated rings. The highest BCUT2D eigenvalue weighted by Gasteiger charge is 2.48. The summed E-state index contributed by atoms with van der Waals surface area (Å²) >= 11 is 0. The number of hydrogen-bond donors (Lipinski definition) is 2. The maximum absolute atomic E-state index is 11.4. The van der Waals surface area contributed by atoms with Crippen molar-refractivity contribution in [3.63, 3.8) is 0 Å². The molecule has 0 radical (unpaired) electrons. The number of carbonyl (C=O) groups is 1. The molecule has 4 nitrogen and oxygen atoms in total. The molecule has 3 atom stereocenters. The van der Waals surface area contributed by atoms with Crippen LogP contribution in [0.15, 0.2) is 0 Å². The summed E-state index contributed by atoms with van der Waals surface area (Å²) in [7, 11) is 0.